The Hall–Kier alpha value is -2.17. The van der Waals surface area contributed by atoms with Crippen LogP contribution in [0, 0.1) is 0 Å². The van der Waals surface area contributed by atoms with Gasteiger partial charge in [0.05, 0.1) is 24.7 Å². The molecule has 0 unspecified atom stereocenters. The fourth-order valence-electron chi connectivity index (χ4n) is 1.36. The van der Waals surface area contributed by atoms with Crippen LogP contribution in [-0.4, -0.2) is 22.4 Å². The van der Waals surface area contributed by atoms with Crippen LogP contribution in [0.2, 0.25) is 0 Å². The zero-order valence-electron chi connectivity index (χ0n) is 8.19. The summed E-state index contributed by atoms with van der Waals surface area (Å²) in [5.74, 6) is 0.501. The molecule has 0 spiro atoms. The van der Waals surface area contributed by atoms with Crippen LogP contribution in [-0.2, 0) is 0 Å². The van der Waals surface area contributed by atoms with Crippen LogP contribution in [0.3, 0.4) is 0 Å². The van der Waals surface area contributed by atoms with Gasteiger partial charge in [0.1, 0.15) is 0 Å². The van der Waals surface area contributed by atoms with Crippen molar-refractivity contribution in [3.05, 3.63) is 24.4 Å². The Morgan fingerprint density at radius 1 is 1.47 bits per heavy atom. The Morgan fingerprint density at radius 3 is 2.87 bits per heavy atom. The number of aromatic hydroxyl groups is 1. The van der Waals surface area contributed by atoms with Crippen molar-refractivity contribution in [2.24, 2.45) is 0 Å². The number of aromatic nitrogens is 2. The molecule has 15 heavy (non-hydrogen) atoms. The van der Waals surface area contributed by atoms with Crippen LogP contribution < -0.4 is 10.5 Å². The molecule has 0 saturated heterocycles. The zero-order chi connectivity index (χ0) is 10.8. The first-order chi connectivity index (χ1) is 7.22. The highest BCUT2D eigenvalue weighted by molar-refractivity contribution is 5.73. The van der Waals surface area contributed by atoms with Crippen LogP contribution >= 0.6 is 0 Å². The van der Waals surface area contributed by atoms with E-state index in [0.29, 0.717) is 17.1 Å². The van der Waals surface area contributed by atoms with Crippen molar-refractivity contribution in [2.45, 2.75) is 0 Å². The predicted molar refractivity (Wildman–Crippen MR) is 56.7 cm³/mol. The molecule has 78 valence electrons. The summed E-state index contributed by atoms with van der Waals surface area (Å²) in [7, 11) is 1.50. The Kier molecular flexibility index (Phi) is 2.21. The lowest BCUT2D eigenvalue weighted by atomic mass is 10.1. The summed E-state index contributed by atoms with van der Waals surface area (Å²) in [5, 5.41) is 16.0. The second-order valence-electron chi connectivity index (χ2n) is 3.09. The highest BCUT2D eigenvalue weighted by Crippen LogP contribution is 2.32. The number of nitrogens with two attached hydrogens (primary N) is 1. The number of aromatic amines is 1. The molecule has 0 atom stereocenters. The Morgan fingerprint density at radius 2 is 2.27 bits per heavy atom. The molecule has 5 heteroatoms. The summed E-state index contributed by atoms with van der Waals surface area (Å²) in [6, 6.07) is 4.98. The summed E-state index contributed by atoms with van der Waals surface area (Å²) < 4.78 is 5.00. The molecule has 0 aliphatic heterocycles. The standard InChI is InChI=1S/C10H11N3O2/c1-15-9-4-6(2-3-8(9)14)10-7(11)5-12-13-10/h2-5,14H,11H2,1H3,(H,12,13). The third-order valence-electron chi connectivity index (χ3n) is 2.14. The van der Waals surface area contributed by atoms with Crippen LogP contribution in [0.15, 0.2) is 24.4 Å². The average Bonchev–Trinajstić information content (AvgIpc) is 2.65. The van der Waals surface area contributed by atoms with E-state index in [1.165, 1.54) is 13.3 Å². The average molecular weight is 205 g/mol. The van der Waals surface area contributed by atoms with E-state index in [-0.39, 0.29) is 5.75 Å². The number of phenolic OH excluding ortho intramolecular Hbond substituents is 1. The van der Waals surface area contributed by atoms with Gasteiger partial charge in [-0.05, 0) is 18.2 Å². The number of hydrogen-bond acceptors (Lipinski definition) is 4. The smallest absolute Gasteiger partial charge is 0.161 e. The van der Waals surface area contributed by atoms with Crippen molar-refractivity contribution in [1.29, 1.82) is 0 Å². The molecule has 0 aliphatic rings. The minimum absolute atomic E-state index is 0.0966. The number of rotatable bonds is 2. The van der Waals surface area contributed by atoms with E-state index in [1.54, 1.807) is 18.2 Å². The Balaban J connectivity index is 2.51. The van der Waals surface area contributed by atoms with Gasteiger partial charge in [-0.1, -0.05) is 0 Å². The van der Waals surface area contributed by atoms with Crippen LogP contribution in [0.4, 0.5) is 5.69 Å². The molecule has 4 N–H and O–H groups in total. The van der Waals surface area contributed by atoms with E-state index in [0.717, 1.165) is 5.56 Å². The van der Waals surface area contributed by atoms with Gasteiger partial charge in [0.25, 0.3) is 0 Å². The van der Waals surface area contributed by atoms with Gasteiger partial charge in [-0.25, -0.2) is 0 Å². The summed E-state index contributed by atoms with van der Waals surface area (Å²) in [5.41, 5.74) is 7.80. The third kappa shape index (κ3) is 1.59. The Labute approximate surface area is 86.5 Å². The number of nitrogens with one attached hydrogen (secondary N) is 1. The quantitative estimate of drug-likeness (QED) is 0.691. The number of benzene rings is 1. The predicted octanol–water partition coefficient (Wildman–Crippen LogP) is 1.37. The highest BCUT2D eigenvalue weighted by Gasteiger charge is 2.08. The number of ether oxygens (including phenoxy) is 1. The monoisotopic (exact) mass is 205 g/mol. The van der Waals surface area contributed by atoms with Crippen molar-refractivity contribution in [3.8, 4) is 22.8 Å². The van der Waals surface area contributed by atoms with Gasteiger partial charge in [-0.3, -0.25) is 5.10 Å². The van der Waals surface area contributed by atoms with Crippen LogP contribution in [0.5, 0.6) is 11.5 Å². The minimum Gasteiger partial charge on any atom is -0.504 e. The largest absolute Gasteiger partial charge is 0.504 e. The second kappa shape index (κ2) is 3.53. The molecule has 0 fully saturated rings. The van der Waals surface area contributed by atoms with Crippen molar-refractivity contribution in [1.82, 2.24) is 10.2 Å². The fourth-order valence-corrected chi connectivity index (χ4v) is 1.36. The summed E-state index contributed by atoms with van der Waals surface area (Å²) in [6.45, 7) is 0. The van der Waals surface area contributed by atoms with Gasteiger partial charge >= 0.3 is 0 Å². The number of H-pyrrole nitrogens is 1. The molecular formula is C10H11N3O2. The highest BCUT2D eigenvalue weighted by atomic mass is 16.5. The van der Waals surface area contributed by atoms with Crippen molar-refractivity contribution in [2.75, 3.05) is 12.8 Å². The maximum absolute atomic E-state index is 9.42. The van der Waals surface area contributed by atoms with Crippen molar-refractivity contribution in [3.63, 3.8) is 0 Å². The molecule has 2 aromatic rings. The van der Waals surface area contributed by atoms with Crippen LogP contribution in [0.25, 0.3) is 11.3 Å². The topological polar surface area (TPSA) is 84.2 Å². The van der Waals surface area contributed by atoms with E-state index in [1.807, 2.05) is 0 Å². The van der Waals surface area contributed by atoms with Gasteiger partial charge < -0.3 is 15.6 Å². The molecule has 2 rings (SSSR count). The van der Waals surface area contributed by atoms with Gasteiger partial charge in [-0.2, -0.15) is 5.10 Å². The third-order valence-corrected chi connectivity index (χ3v) is 2.14. The van der Waals surface area contributed by atoms with Gasteiger partial charge in [0.15, 0.2) is 11.5 Å². The molecule has 1 heterocycles. The first-order valence-electron chi connectivity index (χ1n) is 4.38. The van der Waals surface area contributed by atoms with Gasteiger partial charge in [-0.15, -0.1) is 0 Å². The molecule has 0 radical (unpaired) electrons. The molecular weight excluding hydrogens is 194 g/mol. The first-order valence-corrected chi connectivity index (χ1v) is 4.38. The molecule has 0 saturated carbocycles. The molecule has 0 aliphatic carbocycles. The second-order valence-corrected chi connectivity index (χ2v) is 3.09. The van der Waals surface area contributed by atoms with E-state index in [2.05, 4.69) is 10.2 Å². The number of phenols is 1. The SMILES string of the molecule is COc1cc(-c2[nH]ncc2N)ccc1O. The number of nitrogens with zero attached hydrogens (tertiary/aromatic N) is 1. The first kappa shape index (κ1) is 9.39. The molecule has 1 aromatic heterocycles. The summed E-state index contributed by atoms with van der Waals surface area (Å²) >= 11 is 0. The van der Waals surface area contributed by atoms with Gasteiger partial charge in [0, 0.05) is 5.56 Å². The molecule has 1 aromatic carbocycles. The zero-order valence-corrected chi connectivity index (χ0v) is 8.19. The number of hydrogen-bond donors (Lipinski definition) is 3. The number of methoxy groups -OCH3 is 1. The van der Waals surface area contributed by atoms with E-state index in [4.69, 9.17) is 10.5 Å². The van der Waals surface area contributed by atoms with E-state index in [9.17, 15) is 5.11 Å². The summed E-state index contributed by atoms with van der Waals surface area (Å²) in [4.78, 5) is 0. The number of anilines is 1. The molecule has 5 nitrogen and oxygen atoms in total. The Bertz CT molecular complexity index is 479. The summed E-state index contributed by atoms with van der Waals surface area (Å²) in [6.07, 6.45) is 1.54. The van der Waals surface area contributed by atoms with E-state index < -0.39 is 0 Å². The van der Waals surface area contributed by atoms with Crippen molar-refractivity contribution < 1.29 is 9.84 Å². The lowest BCUT2D eigenvalue weighted by Gasteiger charge is -2.05. The minimum atomic E-state index is 0.0966. The van der Waals surface area contributed by atoms with Gasteiger partial charge in [0.2, 0.25) is 0 Å². The maximum atomic E-state index is 9.42. The maximum Gasteiger partial charge on any atom is 0.161 e. The lowest BCUT2D eigenvalue weighted by Crippen LogP contribution is -1.88. The van der Waals surface area contributed by atoms with Crippen LogP contribution in [0.1, 0.15) is 0 Å². The van der Waals surface area contributed by atoms with E-state index >= 15 is 0 Å². The normalized spacial score (nSPS) is 10.2. The molecule has 0 amide bonds. The number of nitrogen functional groups attached to an aromatic ring is 1. The molecule has 0 bridgehead atoms. The fraction of sp³-hybridized carbons (Fsp3) is 0.100. The van der Waals surface area contributed by atoms with Crippen molar-refractivity contribution >= 4 is 5.69 Å². The lowest BCUT2D eigenvalue weighted by molar-refractivity contribution is 0.373.